The Morgan fingerprint density at radius 1 is 1.50 bits per heavy atom. The number of nitro groups is 1. The van der Waals surface area contributed by atoms with Crippen LogP contribution in [0.1, 0.15) is 35.3 Å². The number of nitriles is 1. The van der Waals surface area contributed by atoms with E-state index in [1.807, 2.05) is 0 Å². The number of nitro benzene ring substituents is 1. The molecule has 0 heterocycles. The largest absolute Gasteiger partial charge is 0.462 e. The molecule has 0 N–H and O–H groups in total. The first-order valence-electron chi connectivity index (χ1n) is 5.44. The smallest absolute Gasteiger partial charge is 0.338 e. The normalized spacial score (nSPS) is 9.61. The van der Waals surface area contributed by atoms with E-state index in [0.29, 0.717) is 12.0 Å². The van der Waals surface area contributed by atoms with Crippen LogP contribution >= 0.6 is 0 Å². The van der Waals surface area contributed by atoms with Gasteiger partial charge in [0.25, 0.3) is 5.69 Å². The third-order valence-electron chi connectivity index (χ3n) is 2.45. The van der Waals surface area contributed by atoms with Crippen molar-refractivity contribution >= 4 is 11.7 Å². The highest BCUT2D eigenvalue weighted by Gasteiger charge is 2.23. The Kier molecular flexibility index (Phi) is 4.38. The molecule has 0 atom stereocenters. The molecule has 94 valence electrons. The molecule has 6 nitrogen and oxygen atoms in total. The lowest BCUT2D eigenvalue weighted by Gasteiger charge is -2.08. The van der Waals surface area contributed by atoms with E-state index in [0.717, 1.165) is 6.07 Å². The summed E-state index contributed by atoms with van der Waals surface area (Å²) < 4.78 is 4.85. The van der Waals surface area contributed by atoms with Crippen LogP contribution in [0.15, 0.2) is 12.1 Å². The van der Waals surface area contributed by atoms with Gasteiger partial charge in [-0.2, -0.15) is 5.26 Å². The van der Waals surface area contributed by atoms with Gasteiger partial charge >= 0.3 is 5.97 Å². The highest BCUT2D eigenvalue weighted by molar-refractivity contribution is 5.92. The van der Waals surface area contributed by atoms with Crippen LogP contribution in [0.25, 0.3) is 0 Å². The molecule has 0 radical (unpaired) electrons. The lowest BCUT2D eigenvalue weighted by Crippen LogP contribution is -2.10. The molecule has 6 heteroatoms. The molecular weight excluding hydrogens is 236 g/mol. The summed E-state index contributed by atoms with van der Waals surface area (Å²) in [4.78, 5) is 21.8. The van der Waals surface area contributed by atoms with Crippen LogP contribution in [-0.2, 0) is 11.2 Å². The molecule has 0 unspecified atom stereocenters. The van der Waals surface area contributed by atoms with Gasteiger partial charge in [0.2, 0.25) is 0 Å². The van der Waals surface area contributed by atoms with E-state index in [1.165, 1.54) is 6.07 Å². The quantitative estimate of drug-likeness (QED) is 0.462. The van der Waals surface area contributed by atoms with Crippen molar-refractivity contribution in [1.82, 2.24) is 0 Å². The van der Waals surface area contributed by atoms with E-state index in [4.69, 9.17) is 10.00 Å². The molecule has 1 aromatic carbocycles. The number of nitrogens with zero attached hydrogens (tertiary/aromatic N) is 2. The number of benzene rings is 1. The number of rotatable bonds is 4. The van der Waals surface area contributed by atoms with Crippen molar-refractivity contribution in [1.29, 1.82) is 5.26 Å². The Bertz CT molecular complexity index is 532. The monoisotopic (exact) mass is 248 g/mol. The van der Waals surface area contributed by atoms with Crippen LogP contribution in [0.5, 0.6) is 0 Å². The van der Waals surface area contributed by atoms with Crippen molar-refractivity contribution in [2.75, 3.05) is 6.61 Å². The van der Waals surface area contributed by atoms with Crippen molar-refractivity contribution in [3.63, 3.8) is 0 Å². The van der Waals surface area contributed by atoms with E-state index in [9.17, 15) is 14.9 Å². The Morgan fingerprint density at radius 2 is 2.17 bits per heavy atom. The van der Waals surface area contributed by atoms with Gasteiger partial charge in [-0.1, -0.05) is 6.92 Å². The number of hydrogen-bond acceptors (Lipinski definition) is 5. The molecule has 0 saturated carbocycles. The highest BCUT2D eigenvalue weighted by Crippen LogP contribution is 2.25. The Balaban J connectivity index is 3.45. The zero-order chi connectivity index (χ0) is 13.7. The summed E-state index contributed by atoms with van der Waals surface area (Å²) in [6.45, 7) is 3.60. The Morgan fingerprint density at radius 3 is 2.61 bits per heavy atom. The van der Waals surface area contributed by atoms with E-state index in [2.05, 4.69) is 0 Å². The standard InChI is InChI=1S/C12H12N2O4/c1-3-8-9(12(15)18-4-2)5-6-11(14(16)17)10(8)7-13/h5-6H,3-4H2,1-2H3. The maximum atomic E-state index is 11.7. The van der Waals surface area contributed by atoms with Gasteiger partial charge in [0.15, 0.2) is 0 Å². The van der Waals surface area contributed by atoms with Gasteiger partial charge in [0.05, 0.1) is 17.1 Å². The Labute approximate surface area is 104 Å². The van der Waals surface area contributed by atoms with Gasteiger partial charge < -0.3 is 4.74 Å². The number of hydrogen-bond donors (Lipinski definition) is 0. The molecule has 0 spiro atoms. The second-order valence-corrected chi connectivity index (χ2v) is 3.43. The molecule has 0 aliphatic heterocycles. The minimum atomic E-state index is -0.632. The second kappa shape index (κ2) is 5.77. The minimum Gasteiger partial charge on any atom is -0.462 e. The van der Waals surface area contributed by atoms with Crippen LogP contribution in [0.4, 0.5) is 5.69 Å². The lowest BCUT2D eigenvalue weighted by molar-refractivity contribution is -0.385. The van der Waals surface area contributed by atoms with Crippen molar-refractivity contribution < 1.29 is 14.5 Å². The molecule has 0 amide bonds. The van der Waals surface area contributed by atoms with Gasteiger partial charge in [-0.15, -0.1) is 0 Å². The lowest BCUT2D eigenvalue weighted by atomic mass is 9.98. The number of carbonyl (C=O) groups excluding carboxylic acids is 1. The fraction of sp³-hybridized carbons (Fsp3) is 0.333. The molecule has 0 fully saturated rings. The maximum absolute atomic E-state index is 11.7. The number of esters is 1. The van der Waals surface area contributed by atoms with Gasteiger partial charge in [0, 0.05) is 6.07 Å². The van der Waals surface area contributed by atoms with Crippen LogP contribution in [0.2, 0.25) is 0 Å². The van der Waals surface area contributed by atoms with Gasteiger partial charge in [0.1, 0.15) is 11.6 Å². The molecule has 0 bridgehead atoms. The fourth-order valence-electron chi connectivity index (χ4n) is 1.68. The molecule has 0 aliphatic carbocycles. The molecule has 1 rings (SSSR count). The van der Waals surface area contributed by atoms with Crippen LogP contribution < -0.4 is 0 Å². The fourth-order valence-corrected chi connectivity index (χ4v) is 1.68. The summed E-state index contributed by atoms with van der Waals surface area (Å²) in [5, 5.41) is 19.8. The minimum absolute atomic E-state index is 0.0759. The zero-order valence-electron chi connectivity index (χ0n) is 10.1. The molecule has 0 aliphatic rings. The van der Waals surface area contributed by atoms with Crippen LogP contribution in [0.3, 0.4) is 0 Å². The SMILES string of the molecule is CCOC(=O)c1ccc([N+](=O)[O-])c(C#N)c1CC. The molecule has 18 heavy (non-hydrogen) atoms. The molecule has 0 aromatic heterocycles. The average Bonchev–Trinajstić information content (AvgIpc) is 2.36. The first kappa shape index (κ1) is 13.6. The summed E-state index contributed by atoms with van der Waals surface area (Å²) in [5.41, 5.74) is 0.196. The van der Waals surface area contributed by atoms with Gasteiger partial charge in [-0.25, -0.2) is 4.79 Å². The first-order valence-corrected chi connectivity index (χ1v) is 5.44. The van der Waals surface area contributed by atoms with Gasteiger partial charge in [-0.3, -0.25) is 10.1 Å². The third kappa shape index (κ3) is 2.46. The first-order chi connectivity index (χ1) is 8.56. The summed E-state index contributed by atoms with van der Waals surface area (Å²) in [6.07, 6.45) is 0.346. The third-order valence-corrected chi connectivity index (χ3v) is 2.45. The van der Waals surface area contributed by atoms with Gasteiger partial charge in [-0.05, 0) is 25.0 Å². The average molecular weight is 248 g/mol. The van der Waals surface area contributed by atoms with Crippen molar-refractivity contribution in [3.8, 4) is 6.07 Å². The van der Waals surface area contributed by atoms with Crippen LogP contribution in [-0.4, -0.2) is 17.5 Å². The van der Waals surface area contributed by atoms with E-state index >= 15 is 0 Å². The summed E-state index contributed by atoms with van der Waals surface area (Å²) in [7, 11) is 0. The van der Waals surface area contributed by atoms with Crippen molar-refractivity contribution in [2.24, 2.45) is 0 Å². The predicted octanol–water partition coefficient (Wildman–Crippen LogP) is 2.21. The summed E-state index contributed by atoms with van der Waals surface area (Å²) in [5.74, 6) is -0.569. The number of carbonyl (C=O) groups is 1. The van der Waals surface area contributed by atoms with Crippen molar-refractivity contribution in [3.05, 3.63) is 38.9 Å². The molecule has 1 aromatic rings. The van der Waals surface area contributed by atoms with E-state index in [-0.39, 0.29) is 23.4 Å². The maximum Gasteiger partial charge on any atom is 0.338 e. The van der Waals surface area contributed by atoms with Crippen LogP contribution in [0, 0.1) is 21.4 Å². The highest BCUT2D eigenvalue weighted by atomic mass is 16.6. The Hall–Kier alpha value is -2.42. The molecular formula is C12H12N2O4. The molecule has 0 saturated heterocycles. The van der Waals surface area contributed by atoms with E-state index in [1.54, 1.807) is 19.9 Å². The topological polar surface area (TPSA) is 93.2 Å². The summed E-state index contributed by atoms with van der Waals surface area (Å²) >= 11 is 0. The number of ether oxygens (including phenoxy) is 1. The zero-order valence-corrected chi connectivity index (χ0v) is 10.1. The van der Waals surface area contributed by atoms with Crippen molar-refractivity contribution in [2.45, 2.75) is 20.3 Å². The van der Waals surface area contributed by atoms with E-state index < -0.39 is 10.9 Å². The predicted molar refractivity (Wildman–Crippen MR) is 63.1 cm³/mol. The second-order valence-electron chi connectivity index (χ2n) is 3.43. The summed E-state index contributed by atoms with van der Waals surface area (Å²) in [6, 6.07) is 4.27.